The molecule has 0 radical (unpaired) electrons. The number of methoxy groups -OCH3 is 1. The van der Waals surface area contributed by atoms with Crippen LogP contribution in [0.15, 0.2) is 22.7 Å². The summed E-state index contributed by atoms with van der Waals surface area (Å²) in [5.74, 6) is 0.839. The Morgan fingerprint density at radius 1 is 1.47 bits per heavy atom. The lowest BCUT2D eigenvalue weighted by Crippen LogP contribution is -2.46. The van der Waals surface area contributed by atoms with E-state index in [1.165, 1.54) is 5.56 Å². The van der Waals surface area contributed by atoms with Crippen molar-refractivity contribution in [3.05, 3.63) is 28.2 Å². The van der Waals surface area contributed by atoms with E-state index < -0.39 is 0 Å². The molecule has 1 aromatic carbocycles. The van der Waals surface area contributed by atoms with Crippen molar-refractivity contribution in [2.75, 3.05) is 26.9 Å². The van der Waals surface area contributed by atoms with Crippen LogP contribution in [0.25, 0.3) is 0 Å². The van der Waals surface area contributed by atoms with E-state index in [4.69, 9.17) is 14.6 Å². The predicted octanol–water partition coefficient (Wildman–Crippen LogP) is 2.50. The van der Waals surface area contributed by atoms with Gasteiger partial charge in [0.2, 0.25) is 0 Å². The van der Waals surface area contributed by atoms with Crippen molar-refractivity contribution in [2.45, 2.75) is 18.3 Å². The minimum Gasteiger partial charge on any atom is -0.496 e. The van der Waals surface area contributed by atoms with Gasteiger partial charge in [0.05, 0.1) is 24.8 Å². The van der Waals surface area contributed by atoms with Gasteiger partial charge in [0.1, 0.15) is 5.75 Å². The zero-order chi connectivity index (χ0) is 12.3. The molecular formula is C13H17BrO3. The van der Waals surface area contributed by atoms with Crippen molar-refractivity contribution in [3.8, 4) is 5.75 Å². The first-order valence-electron chi connectivity index (χ1n) is 5.74. The van der Waals surface area contributed by atoms with Crippen LogP contribution < -0.4 is 4.74 Å². The van der Waals surface area contributed by atoms with Crippen molar-refractivity contribution in [1.29, 1.82) is 0 Å². The van der Waals surface area contributed by atoms with Crippen LogP contribution in [0.5, 0.6) is 5.75 Å². The summed E-state index contributed by atoms with van der Waals surface area (Å²) in [5.41, 5.74) is 1.34. The van der Waals surface area contributed by atoms with Crippen LogP contribution in [0.4, 0.5) is 0 Å². The van der Waals surface area contributed by atoms with Gasteiger partial charge >= 0.3 is 0 Å². The third-order valence-corrected chi connectivity index (χ3v) is 3.95. The van der Waals surface area contributed by atoms with E-state index in [2.05, 4.69) is 28.1 Å². The van der Waals surface area contributed by atoms with E-state index in [-0.39, 0.29) is 12.0 Å². The first-order chi connectivity index (χ1) is 8.22. The Morgan fingerprint density at radius 2 is 2.24 bits per heavy atom. The summed E-state index contributed by atoms with van der Waals surface area (Å²) in [7, 11) is 1.66. The topological polar surface area (TPSA) is 38.7 Å². The third kappa shape index (κ3) is 2.49. The molecule has 1 heterocycles. The number of aliphatic hydroxyl groups excluding tert-OH is 1. The molecule has 1 N–H and O–H groups in total. The lowest BCUT2D eigenvalue weighted by molar-refractivity contribution is -0.0665. The average Bonchev–Trinajstić information content (AvgIpc) is 2.28. The SMILES string of the molecule is COc1ccc(C2(CCCO)COC2)cc1Br. The number of halogens is 1. The highest BCUT2D eigenvalue weighted by atomic mass is 79.9. The van der Waals surface area contributed by atoms with Crippen molar-refractivity contribution in [2.24, 2.45) is 0 Å². The van der Waals surface area contributed by atoms with Gasteiger partial charge in [-0.2, -0.15) is 0 Å². The minimum atomic E-state index is 0.0809. The summed E-state index contributed by atoms with van der Waals surface area (Å²) < 4.78 is 11.6. The molecule has 0 aromatic heterocycles. The number of ether oxygens (including phenoxy) is 2. The molecule has 0 amide bonds. The Hall–Kier alpha value is -0.580. The first-order valence-corrected chi connectivity index (χ1v) is 6.54. The van der Waals surface area contributed by atoms with Gasteiger partial charge in [-0.1, -0.05) is 6.07 Å². The van der Waals surface area contributed by atoms with Gasteiger partial charge in [0, 0.05) is 12.0 Å². The Kier molecular flexibility index (Phi) is 4.07. The average molecular weight is 301 g/mol. The maximum Gasteiger partial charge on any atom is 0.133 e. The van der Waals surface area contributed by atoms with Crippen molar-refractivity contribution < 1.29 is 14.6 Å². The van der Waals surface area contributed by atoms with Gasteiger partial charge < -0.3 is 14.6 Å². The second-order valence-electron chi connectivity index (χ2n) is 4.45. The molecule has 1 aliphatic rings. The molecule has 0 atom stereocenters. The van der Waals surface area contributed by atoms with Crippen LogP contribution >= 0.6 is 15.9 Å². The molecule has 0 spiro atoms. The number of rotatable bonds is 5. The van der Waals surface area contributed by atoms with Crippen LogP contribution in [0, 0.1) is 0 Å². The van der Waals surface area contributed by atoms with Gasteiger partial charge in [-0.3, -0.25) is 0 Å². The highest BCUT2D eigenvalue weighted by molar-refractivity contribution is 9.10. The van der Waals surface area contributed by atoms with Gasteiger partial charge in [-0.25, -0.2) is 0 Å². The van der Waals surface area contributed by atoms with Crippen LogP contribution in [0.2, 0.25) is 0 Å². The van der Waals surface area contributed by atoms with E-state index in [0.717, 1.165) is 36.3 Å². The summed E-state index contributed by atoms with van der Waals surface area (Å²) in [4.78, 5) is 0. The smallest absolute Gasteiger partial charge is 0.133 e. The van der Waals surface area contributed by atoms with Crippen LogP contribution in [0.3, 0.4) is 0 Å². The molecular weight excluding hydrogens is 284 g/mol. The second kappa shape index (κ2) is 5.38. The van der Waals surface area contributed by atoms with E-state index in [1.807, 2.05) is 6.07 Å². The Balaban J connectivity index is 2.22. The van der Waals surface area contributed by atoms with Gasteiger partial charge in [-0.15, -0.1) is 0 Å². The number of aliphatic hydroxyl groups is 1. The zero-order valence-electron chi connectivity index (χ0n) is 9.91. The zero-order valence-corrected chi connectivity index (χ0v) is 11.5. The summed E-state index contributed by atoms with van der Waals surface area (Å²) >= 11 is 3.51. The third-order valence-electron chi connectivity index (χ3n) is 3.33. The molecule has 4 heteroatoms. The standard InChI is InChI=1S/C13H17BrO3/c1-16-12-4-3-10(7-11(12)14)13(5-2-6-15)8-17-9-13/h3-4,7,15H,2,5-6,8-9H2,1H3. The van der Waals surface area contributed by atoms with E-state index in [9.17, 15) is 0 Å². The highest BCUT2D eigenvalue weighted by Crippen LogP contribution is 2.39. The Morgan fingerprint density at radius 3 is 2.71 bits per heavy atom. The first kappa shape index (κ1) is 12.9. The monoisotopic (exact) mass is 300 g/mol. The van der Waals surface area contributed by atoms with Crippen molar-refractivity contribution >= 4 is 15.9 Å². The molecule has 17 heavy (non-hydrogen) atoms. The van der Waals surface area contributed by atoms with Crippen LogP contribution in [-0.2, 0) is 10.2 Å². The number of benzene rings is 1. The molecule has 1 aromatic rings. The predicted molar refractivity (Wildman–Crippen MR) is 69.5 cm³/mol. The molecule has 94 valence electrons. The fourth-order valence-corrected chi connectivity index (χ4v) is 2.76. The number of hydrogen-bond donors (Lipinski definition) is 1. The van der Waals surface area contributed by atoms with Gasteiger partial charge in [-0.05, 0) is 46.5 Å². The van der Waals surface area contributed by atoms with Crippen LogP contribution in [-0.4, -0.2) is 32.0 Å². The fourth-order valence-electron chi connectivity index (χ4n) is 2.22. The molecule has 0 bridgehead atoms. The normalized spacial score (nSPS) is 17.6. The molecule has 1 aliphatic heterocycles. The highest BCUT2D eigenvalue weighted by Gasteiger charge is 2.39. The summed E-state index contributed by atoms with van der Waals surface area (Å²) in [6.45, 7) is 1.72. The van der Waals surface area contributed by atoms with E-state index in [0.29, 0.717) is 0 Å². The molecule has 0 unspecified atom stereocenters. The molecule has 0 saturated carbocycles. The molecule has 3 nitrogen and oxygen atoms in total. The maximum atomic E-state index is 8.96. The van der Waals surface area contributed by atoms with E-state index >= 15 is 0 Å². The summed E-state index contributed by atoms with van der Waals surface area (Å²) in [6.07, 6.45) is 1.77. The Labute approximate surface area is 110 Å². The summed E-state index contributed by atoms with van der Waals surface area (Å²) in [6, 6.07) is 6.15. The number of hydrogen-bond acceptors (Lipinski definition) is 3. The van der Waals surface area contributed by atoms with Crippen LogP contribution in [0.1, 0.15) is 18.4 Å². The quantitative estimate of drug-likeness (QED) is 0.908. The molecule has 1 saturated heterocycles. The van der Waals surface area contributed by atoms with Gasteiger partial charge in [0.25, 0.3) is 0 Å². The molecule has 2 rings (SSSR count). The fraction of sp³-hybridized carbons (Fsp3) is 0.538. The molecule has 1 fully saturated rings. The largest absolute Gasteiger partial charge is 0.496 e. The summed E-state index contributed by atoms with van der Waals surface area (Å²) in [5, 5.41) is 8.96. The maximum absolute atomic E-state index is 8.96. The lowest BCUT2D eigenvalue weighted by Gasteiger charge is -2.42. The second-order valence-corrected chi connectivity index (χ2v) is 5.30. The van der Waals surface area contributed by atoms with Gasteiger partial charge in [0.15, 0.2) is 0 Å². The van der Waals surface area contributed by atoms with Crippen molar-refractivity contribution in [1.82, 2.24) is 0 Å². The Bertz CT molecular complexity index is 388. The lowest BCUT2D eigenvalue weighted by atomic mass is 9.75. The van der Waals surface area contributed by atoms with Crippen molar-refractivity contribution in [3.63, 3.8) is 0 Å². The molecule has 0 aliphatic carbocycles. The minimum absolute atomic E-state index is 0.0809. The van der Waals surface area contributed by atoms with E-state index in [1.54, 1.807) is 7.11 Å².